The maximum atomic E-state index is 11.9. The van der Waals surface area contributed by atoms with Gasteiger partial charge >= 0.3 is 0 Å². The van der Waals surface area contributed by atoms with E-state index in [9.17, 15) is 4.79 Å². The molecule has 1 aliphatic carbocycles. The third-order valence-electron chi connectivity index (χ3n) is 2.92. The molecule has 0 aliphatic heterocycles. The van der Waals surface area contributed by atoms with Gasteiger partial charge in [-0.05, 0) is 47.8 Å². The summed E-state index contributed by atoms with van der Waals surface area (Å²) in [5.74, 6) is 0.0649. The number of thiophene rings is 1. The molecule has 4 heteroatoms. The fourth-order valence-corrected chi connectivity index (χ4v) is 3.33. The Morgan fingerprint density at radius 2 is 2.13 bits per heavy atom. The van der Waals surface area contributed by atoms with Crippen molar-refractivity contribution in [2.24, 2.45) is 0 Å². The minimum absolute atomic E-state index is 0.0214. The summed E-state index contributed by atoms with van der Waals surface area (Å²) in [6.07, 6.45) is 4.66. The Kier molecular flexibility index (Phi) is 3.16. The van der Waals surface area contributed by atoms with Crippen LogP contribution in [0.3, 0.4) is 0 Å². The van der Waals surface area contributed by atoms with E-state index in [-0.39, 0.29) is 11.4 Å². The van der Waals surface area contributed by atoms with E-state index in [4.69, 9.17) is 0 Å². The summed E-state index contributed by atoms with van der Waals surface area (Å²) in [6, 6.07) is 3.78. The van der Waals surface area contributed by atoms with E-state index in [1.54, 1.807) is 0 Å². The van der Waals surface area contributed by atoms with Crippen LogP contribution in [0.5, 0.6) is 0 Å². The highest BCUT2D eigenvalue weighted by atomic mass is 79.9. The van der Waals surface area contributed by atoms with E-state index >= 15 is 0 Å². The fourth-order valence-electron chi connectivity index (χ4n) is 2.05. The summed E-state index contributed by atoms with van der Waals surface area (Å²) >= 11 is 4.85. The van der Waals surface area contributed by atoms with Crippen LogP contribution in [0.15, 0.2) is 15.9 Å². The molecule has 0 atom stereocenters. The van der Waals surface area contributed by atoms with Gasteiger partial charge in [0.2, 0.25) is 0 Å². The summed E-state index contributed by atoms with van der Waals surface area (Å²) in [5, 5.41) is 3.14. The lowest BCUT2D eigenvalue weighted by Crippen LogP contribution is -2.43. The van der Waals surface area contributed by atoms with E-state index < -0.39 is 0 Å². The molecule has 0 spiro atoms. The maximum absolute atomic E-state index is 11.9. The molecule has 0 saturated heterocycles. The van der Waals surface area contributed by atoms with E-state index in [1.165, 1.54) is 24.2 Å². The zero-order chi connectivity index (χ0) is 10.9. The first-order valence-electron chi connectivity index (χ1n) is 5.17. The molecule has 82 valence electrons. The smallest absolute Gasteiger partial charge is 0.261 e. The lowest BCUT2D eigenvalue weighted by atomic mass is 10.0. The SMILES string of the molecule is CC1(NC(=O)c2ccc(Br)s2)CCCC1. The summed E-state index contributed by atoms with van der Waals surface area (Å²) in [5.41, 5.74) is 0.0214. The fraction of sp³-hybridized carbons (Fsp3) is 0.545. The Morgan fingerprint density at radius 3 is 2.67 bits per heavy atom. The molecule has 1 N–H and O–H groups in total. The topological polar surface area (TPSA) is 29.1 Å². The number of carbonyl (C=O) groups excluding carboxylic acids is 1. The zero-order valence-electron chi connectivity index (χ0n) is 8.68. The molecule has 1 aromatic heterocycles. The van der Waals surface area contributed by atoms with E-state index in [2.05, 4.69) is 28.2 Å². The molecule has 0 bridgehead atoms. The molecule has 1 aromatic rings. The summed E-state index contributed by atoms with van der Waals surface area (Å²) in [6.45, 7) is 2.14. The number of hydrogen-bond donors (Lipinski definition) is 1. The van der Waals surface area contributed by atoms with Crippen LogP contribution in [0.2, 0.25) is 0 Å². The predicted molar refractivity (Wildman–Crippen MR) is 66.4 cm³/mol. The summed E-state index contributed by atoms with van der Waals surface area (Å²) in [4.78, 5) is 12.7. The number of rotatable bonds is 2. The molecule has 2 nitrogen and oxygen atoms in total. The summed E-state index contributed by atoms with van der Waals surface area (Å²) < 4.78 is 1.00. The van der Waals surface area contributed by atoms with Crippen LogP contribution in [0, 0.1) is 0 Å². The second-order valence-corrected chi connectivity index (χ2v) is 6.79. The van der Waals surface area contributed by atoms with Crippen molar-refractivity contribution in [3.8, 4) is 0 Å². The van der Waals surface area contributed by atoms with Gasteiger partial charge in [0.25, 0.3) is 5.91 Å². The molecule has 0 unspecified atom stereocenters. The van der Waals surface area contributed by atoms with Crippen molar-refractivity contribution in [3.63, 3.8) is 0 Å². The Hall–Kier alpha value is -0.350. The van der Waals surface area contributed by atoms with Crippen molar-refractivity contribution >= 4 is 33.2 Å². The van der Waals surface area contributed by atoms with Gasteiger partial charge in [-0.2, -0.15) is 0 Å². The Morgan fingerprint density at radius 1 is 1.47 bits per heavy atom. The average Bonchev–Trinajstić information content (AvgIpc) is 2.75. The molecule has 2 rings (SSSR count). The number of amides is 1. The van der Waals surface area contributed by atoms with Gasteiger partial charge in [-0.3, -0.25) is 4.79 Å². The van der Waals surface area contributed by atoms with Gasteiger partial charge < -0.3 is 5.32 Å². The number of hydrogen-bond acceptors (Lipinski definition) is 2. The van der Waals surface area contributed by atoms with Gasteiger partial charge in [0.05, 0.1) is 8.66 Å². The van der Waals surface area contributed by atoms with Crippen molar-refractivity contribution in [2.45, 2.75) is 38.1 Å². The molecule has 1 fully saturated rings. The largest absolute Gasteiger partial charge is 0.346 e. The van der Waals surface area contributed by atoms with Crippen LogP contribution in [-0.2, 0) is 0 Å². The summed E-state index contributed by atoms with van der Waals surface area (Å²) in [7, 11) is 0. The Labute approximate surface area is 102 Å². The quantitative estimate of drug-likeness (QED) is 0.885. The predicted octanol–water partition coefficient (Wildman–Crippen LogP) is 3.57. The lowest BCUT2D eigenvalue weighted by molar-refractivity contribution is 0.0912. The van der Waals surface area contributed by atoms with Crippen LogP contribution in [0.4, 0.5) is 0 Å². The molecular formula is C11H14BrNOS. The Balaban J connectivity index is 2.03. The standard InChI is InChI=1S/C11H14BrNOS/c1-11(6-2-3-7-11)13-10(14)8-4-5-9(12)15-8/h4-5H,2-3,6-7H2,1H3,(H,13,14). The van der Waals surface area contributed by atoms with Crippen LogP contribution in [-0.4, -0.2) is 11.4 Å². The van der Waals surface area contributed by atoms with Gasteiger partial charge in [-0.1, -0.05) is 12.8 Å². The Bertz CT molecular complexity index is 368. The first kappa shape index (κ1) is 11.1. The van der Waals surface area contributed by atoms with Gasteiger partial charge in [0.15, 0.2) is 0 Å². The van der Waals surface area contributed by atoms with E-state index in [0.29, 0.717) is 0 Å². The first-order valence-corrected chi connectivity index (χ1v) is 6.78. The van der Waals surface area contributed by atoms with Crippen molar-refractivity contribution < 1.29 is 4.79 Å². The molecule has 0 radical (unpaired) electrons. The molecule has 1 heterocycles. The monoisotopic (exact) mass is 287 g/mol. The third-order valence-corrected chi connectivity index (χ3v) is 4.54. The van der Waals surface area contributed by atoms with Crippen molar-refractivity contribution in [1.82, 2.24) is 5.32 Å². The van der Waals surface area contributed by atoms with Crippen molar-refractivity contribution in [1.29, 1.82) is 0 Å². The van der Waals surface area contributed by atoms with Crippen LogP contribution >= 0.6 is 27.3 Å². The zero-order valence-corrected chi connectivity index (χ0v) is 11.1. The van der Waals surface area contributed by atoms with Gasteiger partial charge in [0, 0.05) is 5.54 Å². The van der Waals surface area contributed by atoms with Crippen LogP contribution in [0.1, 0.15) is 42.3 Å². The van der Waals surface area contributed by atoms with Gasteiger partial charge in [-0.15, -0.1) is 11.3 Å². The highest BCUT2D eigenvalue weighted by Crippen LogP contribution is 2.30. The van der Waals surface area contributed by atoms with Gasteiger partial charge in [0.1, 0.15) is 0 Å². The first-order chi connectivity index (χ1) is 7.09. The van der Waals surface area contributed by atoms with E-state index in [0.717, 1.165) is 21.5 Å². The second kappa shape index (κ2) is 4.26. The van der Waals surface area contributed by atoms with Crippen LogP contribution in [0.25, 0.3) is 0 Å². The highest BCUT2D eigenvalue weighted by Gasteiger charge is 2.30. The number of carbonyl (C=O) groups is 1. The third kappa shape index (κ3) is 2.61. The highest BCUT2D eigenvalue weighted by molar-refractivity contribution is 9.11. The molecule has 1 amide bonds. The van der Waals surface area contributed by atoms with Crippen molar-refractivity contribution in [2.75, 3.05) is 0 Å². The average molecular weight is 288 g/mol. The maximum Gasteiger partial charge on any atom is 0.261 e. The molecular weight excluding hydrogens is 274 g/mol. The minimum Gasteiger partial charge on any atom is -0.346 e. The van der Waals surface area contributed by atoms with Crippen molar-refractivity contribution in [3.05, 3.63) is 20.8 Å². The normalized spacial score (nSPS) is 19.1. The van der Waals surface area contributed by atoms with Gasteiger partial charge in [-0.25, -0.2) is 0 Å². The lowest BCUT2D eigenvalue weighted by Gasteiger charge is -2.24. The molecule has 1 aliphatic rings. The minimum atomic E-state index is 0.0214. The number of halogens is 1. The van der Waals surface area contributed by atoms with Crippen LogP contribution < -0.4 is 5.32 Å². The number of nitrogens with one attached hydrogen (secondary N) is 1. The van der Waals surface area contributed by atoms with E-state index in [1.807, 2.05) is 12.1 Å². The molecule has 0 aromatic carbocycles. The molecule has 15 heavy (non-hydrogen) atoms. The second-order valence-electron chi connectivity index (χ2n) is 4.33. The molecule has 1 saturated carbocycles.